The summed E-state index contributed by atoms with van der Waals surface area (Å²) >= 11 is 3.38. The summed E-state index contributed by atoms with van der Waals surface area (Å²) in [5.74, 6) is -1.37. The van der Waals surface area contributed by atoms with Crippen LogP contribution in [0.25, 0.3) is 0 Å². The Morgan fingerprint density at radius 2 is 1.89 bits per heavy atom. The van der Waals surface area contributed by atoms with Crippen LogP contribution < -0.4 is 0 Å². The molecule has 7 heteroatoms. The Labute approximate surface area is 119 Å². The van der Waals surface area contributed by atoms with Crippen molar-refractivity contribution >= 4 is 26.0 Å². The highest BCUT2D eigenvalue weighted by Crippen LogP contribution is 2.26. The first kappa shape index (κ1) is 14.9. The maximum absolute atomic E-state index is 13.6. The summed E-state index contributed by atoms with van der Waals surface area (Å²) in [5.41, 5.74) is 0. The van der Waals surface area contributed by atoms with Crippen LogP contribution in [0.1, 0.15) is 12.8 Å². The quantitative estimate of drug-likeness (QED) is 0.783. The number of alkyl halides is 1. The van der Waals surface area contributed by atoms with E-state index in [1.165, 1.54) is 4.31 Å². The monoisotopic (exact) mass is 353 g/mol. The summed E-state index contributed by atoms with van der Waals surface area (Å²) < 4.78 is 52.2. The van der Waals surface area contributed by atoms with Gasteiger partial charge in [0.25, 0.3) is 0 Å². The molecule has 1 aromatic rings. The Balaban J connectivity index is 2.23. The lowest BCUT2D eigenvalue weighted by Gasteiger charge is -2.30. The van der Waals surface area contributed by atoms with Crippen molar-refractivity contribution in [2.75, 3.05) is 18.4 Å². The highest BCUT2D eigenvalue weighted by molar-refractivity contribution is 9.09. The molecule has 0 N–H and O–H groups in total. The van der Waals surface area contributed by atoms with E-state index in [1.54, 1.807) is 0 Å². The van der Waals surface area contributed by atoms with Crippen molar-refractivity contribution in [3.05, 3.63) is 29.8 Å². The van der Waals surface area contributed by atoms with Crippen LogP contribution in [0.5, 0.6) is 0 Å². The summed E-state index contributed by atoms with van der Waals surface area (Å²) in [5, 5.41) is 0.839. The lowest BCUT2D eigenvalue weighted by Crippen LogP contribution is -2.39. The SMILES string of the molecule is O=S(=O)(c1ccc(F)cc1F)N1CCC(CBr)CC1. The van der Waals surface area contributed by atoms with Crippen LogP contribution in [-0.4, -0.2) is 31.1 Å². The van der Waals surface area contributed by atoms with Crippen LogP contribution in [-0.2, 0) is 10.0 Å². The van der Waals surface area contributed by atoms with Gasteiger partial charge in [-0.15, -0.1) is 0 Å². The molecular formula is C12H14BrF2NO2S. The minimum Gasteiger partial charge on any atom is -0.207 e. The lowest BCUT2D eigenvalue weighted by molar-refractivity contribution is 0.291. The molecule has 1 aromatic carbocycles. The number of sulfonamides is 1. The molecule has 1 aliphatic heterocycles. The van der Waals surface area contributed by atoms with Gasteiger partial charge in [0, 0.05) is 24.5 Å². The zero-order valence-electron chi connectivity index (χ0n) is 10.2. The number of hydrogen-bond donors (Lipinski definition) is 0. The first-order valence-corrected chi connectivity index (χ1v) is 8.52. The Morgan fingerprint density at radius 3 is 2.42 bits per heavy atom. The van der Waals surface area contributed by atoms with Crippen molar-refractivity contribution in [2.24, 2.45) is 5.92 Å². The standard InChI is InChI=1S/C12H14BrF2NO2S/c13-8-9-3-5-16(6-4-9)19(17,18)12-2-1-10(14)7-11(12)15/h1-2,7,9H,3-6,8H2. The van der Waals surface area contributed by atoms with E-state index in [9.17, 15) is 17.2 Å². The molecule has 0 amide bonds. The molecule has 1 heterocycles. The van der Waals surface area contributed by atoms with Gasteiger partial charge in [-0.05, 0) is 30.9 Å². The highest BCUT2D eigenvalue weighted by Gasteiger charge is 2.31. The van der Waals surface area contributed by atoms with Crippen LogP contribution in [0.2, 0.25) is 0 Å². The van der Waals surface area contributed by atoms with Gasteiger partial charge in [-0.25, -0.2) is 17.2 Å². The van der Waals surface area contributed by atoms with E-state index in [0.29, 0.717) is 25.1 Å². The van der Waals surface area contributed by atoms with Crippen molar-refractivity contribution < 1.29 is 17.2 Å². The van der Waals surface area contributed by atoms with Crippen LogP contribution in [0, 0.1) is 17.6 Å². The van der Waals surface area contributed by atoms with Crippen molar-refractivity contribution in [3.63, 3.8) is 0 Å². The van der Waals surface area contributed by atoms with Gasteiger partial charge in [0.1, 0.15) is 16.5 Å². The number of nitrogens with zero attached hydrogens (tertiary/aromatic N) is 1. The lowest BCUT2D eigenvalue weighted by atomic mass is 10.0. The number of halogens is 3. The maximum Gasteiger partial charge on any atom is 0.245 e. The molecule has 1 saturated heterocycles. The molecular weight excluding hydrogens is 340 g/mol. The van der Waals surface area contributed by atoms with Crippen LogP contribution in [0.4, 0.5) is 8.78 Å². The van der Waals surface area contributed by atoms with Crippen molar-refractivity contribution in [1.82, 2.24) is 4.31 Å². The van der Waals surface area contributed by atoms with Gasteiger partial charge >= 0.3 is 0 Å². The average molecular weight is 354 g/mol. The first-order valence-electron chi connectivity index (χ1n) is 5.96. The molecule has 1 aliphatic rings. The Bertz CT molecular complexity index is 557. The summed E-state index contributed by atoms with van der Waals surface area (Å²) in [6.45, 7) is 0.741. The Morgan fingerprint density at radius 1 is 1.26 bits per heavy atom. The average Bonchev–Trinajstić information content (AvgIpc) is 2.38. The van der Waals surface area contributed by atoms with Crippen LogP contribution in [0.15, 0.2) is 23.1 Å². The van der Waals surface area contributed by atoms with E-state index in [0.717, 1.165) is 30.3 Å². The number of piperidine rings is 1. The van der Waals surface area contributed by atoms with Crippen molar-refractivity contribution in [1.29, 1.82) is 0 Å². The van der Waals surface area contributed by atoms with Gasteiger partial charge in [-0.3, -0.25) is 0 Å². The fourth-order valence-electron chi connectivity index (χ4n) is 2.13. The smallest absolute Gasteiger partial charge is 0.207 e. The third-order valence-corrected chi connectivity index (χ3v) is 6.15. The number of rotatable bonds is 3. The van der Waals surface area contributed by atoms with Gasteiger partial charge < -0.3 is 0 Å². The summed E-state index contributed by atoms with van der Waals surface area (Å²) in [6, 6.07) is 2.54. The van der Waals surface area contributed by atoms with E-state index < -0.39 is 26.6 Å². The second-order valence-electron chi connectivity index (χ2n) is 4.58. The largest absolute Gasteiger partial charge is 0.245 e. The zero-order valence-corrected chi connectivity index (χ0v) is 12.6. The van der Waals surface area contributed by atoms with Gasteiger partial charge in [0.05, 0.1) is 0 Å². The van der Waals surface area contributed by atoms with Crippen molar-refractivity contribution in [2.45, 2.75) is 17.7 Å². The fourth-order valence-corrected chi connectivity index (χ4v) is 4.29. The molecule has 1 fully saturated rings. The predicted molar refractivity (Wildman–Crippen MR) is 71.6 cm³/mol. The van der Waals surface area contributed by atoms with Gasteiger partial charge in [-0.1, -0.05) is 15.9 Å². The molecule has 19 heavy (non-hydrogen) atoms. The van der Waals surface area contributed by atoms with Gasteiger partial charge in [-0.2, -0.15) is 4.31 Å². The first-order chi connectivity index (χ1) is 8.95. The molecule has 0 saturated carbocycles. The van der Waals surface area contributed by atoms with E-state index in [1.807, 2.05) is 0 Å². The highest BCUT2D eigenvalue weighted by atomic mass is 79.9. The number of benzene rings is 1. The predicted octanol–water partition coefficient (Wildman–Crippen LogP) is 2.76. The van der Waals surface area contributed by atoms with E-state index in [-0.39, 0.29) is 0 Å². The maximum atomic E-state index is 13.6. The third-order valence-electron chi connectivity index (χ3n) is 3.30. The van der Waals surface area contributed by atoms with E-state index in [4.69, 9.17) is 0 Å². The molecule has 0 unspecified atom stereocenters. The van der Waals surface area contributed by atoms with Crippen molar-refractivity contribution in [3.8, 4) is 0 Å². The number of hydrogen-bond acceptors (Lipinski definition) is 2. The Hall–Kier alpha value is -0.530. The van der Waals surface area contributed by atoms with E-state index >= 15 is 0 Å². The molecule has 0 spiro atoms. The normalized spacial score (nSPS) is 18.7. The molecule has 3 nitrogen and oxygen atoms in total. The summed E-state index contributed by atoms with van der Waals surface area (Å²) in [7, 11) is -3.86. The summed E-state index contributed by atoms with van der Waals surface area (Å²) in [4.78, 5) is -0.453. The topological polar surface area (TPSA) is 37.4 Å². The third kappa shape index (κ3) is 3.14. The minimum absolute atomic E-state index is 0.370. The van der Waals surface area contributed by atoms with Gasteiger partial charge in [0.2, 0.25) is 10.0 Å². The zero-order chi connectivity index (χ0) is 14.0. The van der Waals surface area contributed by atoms with Crippen LogP contribution in [0.3, 0.4) is 0 Å². The summed E-state index contributed by atoms with van der Waals surface area (Å²) in [6.07, 6.45) is 1.49. The molecule has 2 rings (SSSR count). The molecule has 0 radical (unpaired) electrons. The minimum atomic E-state index is -3.86. The molecule has 0 bridgehead atoms. The van der Waals surface area contributed by atoms with Gasteiger partial charge in [0.15, 0.2) is 0 Å². The molecule has 0 aliphatic carbocycles. The fraction of sp³-hybridized carbons (Fsp3) is 0.500. The Kier molecular flexibility index (Phi) is 4.58. The van der Waals surface area contributed by atoms with E-state index in [2.05, 4.69) is 15.9 Å². The molecule has 0 atom stereocenters. The molecule has 106 valence electrons. The molecule has 0 aromatic heterocycles. The second kappa shape index (κ2) is 5.85. The second-order valence-corrected chi connectivity index (χ2v) is 7.13. The van der Waals surface area contributed by atoms with Crippen LogP contribution >= 0.6 is 15.9 Å².